The summed E-state index contributed by atoms with van der Waals surface area (Å²) >= 11 is 0. The number of Topliss-reactive ketones (excluding diaryl/α,β-unsaturated/α-hetero) is 1. The number of pyridine rings is 1. The van der Waals surface area contributed by atoms with Gasteiger partial charge in [0.25, 0.3) is 0 Å². The Morgan fingerprint density at radius 3 is 2.79 bits per heavy atom. The molecule has 2 nitrogen and oxygen atoms in total. The van der Waals surface area contributed by atoms with Crippen LogP contribution in [0, 0.1) is 0 Å². The first-order chi connectivity index (χ1) is 9.31. The fraction of sp³-hybridized carbons (Fsp3) is 0.294. The van der Waals surface area contributed by atoms with Gasteiger partial charge in [-0.2, -0.15) is 0 Å². The van der Waals surface area contributed by atoms with E-state index in [0.717, 1.165) is 36.6 Å². The monoisotopic (exact) mass is 253 g/mol. The van der Waals surface area contributed by atoms with Crippen molar-refractivity contribution in [2.45, 2.75) is 32.1 Å². The molecule has 2 rings (SSSR count). The maximum absolute atomic E-state index is 12.0. The lowest BCUT2D eigenvalue weighted by Crippen LogP contribution is -2.02. The van der Waals surface area contributed by atoms with Gasteiger partial charge in [0.15, 0.2) is 5.78 Å². The van der Waals surface area contributed by atoms with Gasteiger partial charge >= 0.3 is 0 Å². The Kier molecular flexibility index (Phi) is 4.85. The van der Waals surface area contributed by atoms with Crippen LogP contribution in [-0.4, -0.2) is 10.8 Å². The predicted octanol–water partition coefficient (Wildman–Crippen LogP) is 4.55. The molecular formula is C17H19NO. The van der Waals surface area contributed by atoms with Gasteiger partial charge < -0.3 is 0 Å². The van der Waals surface area contributed by atoms with Crippen molar-refractivity contribution >= 4 is 16.7 Å². The van der Waals surface area contributed by atoms with Crippen molar-refractivity contribution in [3.05, 3.63) is 54.7 Å². The number of nitrogens with zero attached hydrogens (tertiary/aromatic N) is 1. The van der Waals surface area contributed by atoms with E-state index < -0.39 is 0 Å². The first kappa shape index (κ1) is 13.5. The lowest BCUT2D eigenvalue weighted by Gasteiger charge is -2.02. The van der Waals surface area contributed by atoms with Crippen molar-refractivity contribution in [3.8, 4) is 0 Å². The summed E-state index contributed by atoms with van der Waals surface area (Å²) < 4.78 is 0. The number of carbonyl (C=O) groups is 1. The van der Waals surface area contributed by atoms with Crippen molar-refractivity contribution in [2.75, 3.05) is 0 Å². The minimum absolute atomic E-state index is 0.143. The molecular weight excluding hydrogens is 234 g/mol. The van der Waals surface area contributed by atoms with Gasteiger partial charge in [-0.1, -0.05) is 36.8 Å². The fourth-order valence-corrected chi connectivity index (χ4v) is 2.10. The lowest BCUT2D eigenvalue weighted by atomic mass is 10.1. The molecule has 1 heterocycles. The van der Waals surface area contributed by atoms with Crippen LogP contribution in [0.4, 0.5) is 0 Å². The molecule has 2 aromatic rings. The molecule has 0 bridgehead atoms. The normalized spacial score (nSPS) is 10.5. The van der Waals surface area contributed by atoms with E-state index in [9.17, 15) is 4.79 Å². The van der Waals surface area contributed by atoms with Gasteiger partial charge in [-0.3, -0.25) is 4.79 Å². The Morgan fingerprint density at radius 2 is 1.95 bits per heavy atom. The molecule has 19 heavy (non-hydrogen) atoms. The average Bonchev–Trinajstić information content (AvgIpc) is 2.46. The number of carbonyl (C=O) groups excluding carboxylic acids is 1. The van der Waals surface area contributed by atoms with Crippen LogP contribution in [0.1, 0.15) is 42.6 Å². The third-order valence-electron chi connectivity index (χ3n) is 3.20. The third kappa shape index (κ3) is 3.75. The van der Waals surface area contributed by atoms with Crippen molar-refractivity contribution in [3.63, 3.8) is 0 Å². The van der Waals surface area contributed by atoms with E-state index in [2.05, 4.69) is 11.6 Å². The van der Waals surface area contributed by atoms with Crippen molar-refractivity contribution in [1.29, 1.82) is 0 Å². The van der Waals surface area contributed by atoms with Crippen LogP contribution in [0.2, 0.25) is 0 Å². The van der Waals surface area contributed by atoms with Crippen molar-refractivity contribution < 1.29 is 4.79 Å². The van der Waals surface area contributed by atoms with Gasteiger partial charge in [0, 0.05) is 11.8 Å². The van der Waals surface area contributed by atoms with Crippen LogP contribution >= 0.6 is 0 Å². The highest BCUT2D eigenvalue weighted by Gasteiger charge is 2.07. The van der Waals surface area contributed by atoms with E-state index in [4.69, 9.17) is 0 Å². The molecule has 0 N–H and O–H groups in total. The number of unbranched alkanes of at least 4 members (excludes halogenated alkanes) is 3. The lowest BCUT2D eigenvalue weighted by molar-refractivity contribution is 0.0974. The number of allylic oxidation sites excluding steroid dienone is 1. The third-order valence-corrected chi connectivity index (χ3v) is 3.20. The highest BCUT2D eigenvalue weighted by atomic mass is 16.1. The molecule has 0 radical (unpaired) electrons. The molecule has 0 amide bonds. The number of rotatable bonds is 7. The molecule has 0 saturated heterocycles. The minimum atomic E-state index is 0.143. The van der Waals surface area contributed by atoms with Crippen LogP contribution in [0.5, 0.6) is 0 Å². The van der Waals surface area contributed by atoms with Gasteiger partial charge in [0.2, 0.25) is 0 Å². The van der Waals surface area contributed by atoms with Crippen molar-refractivity contribution in [2.24, 2.45) is 0 Å². The van der Waals surface area contributed by atoms with E-state index in [1.807, 2.05) is 42.5 Å². The second-order valence-electron chi connectivity index (χ2n) is 4.70. The molecule has 0 aliphatic carbocycles. The zero-order valence-electron chi connectivity index (χ0n) is 11.1. The summed E-state index contributed by atoms with van der Waals surface area (Å²) in [5.74, 6) is 0.143. The molecule has 0 atom stereocenters. The summed E-state index contributed by atoms with van der Waals surface area (Å²) in [5.41, 5.74) is 1.47. The molecule has 0 aliphatic rings. The summed E-state index contributed by atoms with van der Waals surface area (Å²) in [6.45, 7) is 3.69. The second-order valence-corrected chi connectivity index (χ2v) is 4.70. The average molecular weight is 253 g/mol. The molecule has 0 spiro atoms. The van der Waals surface area contributed by atoms with Crippen LogP contribution in [0.25, 0.3) is 10.9 Å². The Balaban J connectivity index is 1.95. The van der Waals surface area contributed by atoms with Crippen molar-refractivity contribution in [1.82, 2.24) is 4.98 Å². The van der Waals surface area contributed by atoms with Gasteiger partial charge in [-0.05, 0) is 31.4 Å². The molecule has 98 valence electrons. The first-order valence-electron chi connectivity index (χ1n) is 6.81. The predicted molar refractivity (Wildman–Crippen MR) is 79.4 cm³/mol. The molecule has 0 saturated carbocycles. The minimum Gasteiger partial charge on any atom is -0.292 e. The first-order valence-corrected chi connectivity index (χ1v) is 6.81. The summed E-state index contributed by atoms with van der Waals surface area (Å²) in [4.78, 5) is 16.5. The molecule has 0 unspecified atom stereocenters. The van der Waals surface area contributed by atoms with Crippen LogP contribution in [0.3, 0.4) is 0 Å². The number of hydrogen-bond donors (Lipinski definition) is 0. The van der Waals surface area contributed by atoms with Gasteiger partial charge in [0.1, 0.15) is 5.69 Å². The fourth-order valence-electron chi connectivity index (χ4n) is 2.10. The summed E-state index contributed by atoms with van der Waals surface area (Å²) in [5, 5.41) is 1.07. The number of para-hydroxylation sites is 1. The van der Waals surface area contributed by atoms with Crippen LogP contribution in [0.15, 0.2) is 49.1 Å². The molecule has 2 heteroatoms. The van der Waals surface area contributed by atoms with Crippen LogP contribution < -0.4 is 0 Å². The smallest absolute Gasteiger partial charge is 0.181 e. The topological polar surface area (TPSA) is 30.0 Å². The van der Waals surface area contributed by atoms with E-state index in [0.29, 0.717) is 12.1 Å². The van der Waals surface area contributed by atoms with Gasteiger partial charge in [-0.25, -0.2) is 4.98 Å². The SMILES string of the molecule is C=CCCCCCC(=O)c1ccc2ccccc2n1. The molecule has 0 fully saturated rings. The summed E-state index contributed by atoms with van der Waals surface area (Å²) in [7, 11) is 0. The second kappa shape index (κ2) is 6.83. The standard InChI is InChI=1S/C17H19NO/c1-2-3-4-5-6-11-17(19)16-13-12-14-9-7-8-10-15(14)18-16/h2,7-10,12-13H,1,3-6,11H2. The zero-order valence-corrected chi connectivity index (χ0v) is 11.1. The highest BCUT2D eigenvalue weighted by Crippen LogP contribution is 2.14. The molecule has 1 aromatic heterocycles. The Morgan fingerprint density at radius 1 is 1.11 bits per heavy atom. The number of hydrogen-bond acceptors (Lipinski definition) is 2. The maximum Gasteiger partial charge on any atom is 0.181 e. The van der Waals surface area contributed by atoms with E-state index in [1.54, 1.807) is 0 Å². The van der Waals surface area contributed by atoms with Gasteiger partial charge in [0.05, 0.1) is 5.52 Å². The van der Waals surface area contributed by atoms with E-state index >= 15 is 0 Å². The Hall–Kier alpha value is -1.96. The van der Waals surface area contributed by atoms with E-state index in [1.165, 1.54) is 0 Å². The molecule has 1 aromatic carbocycles. The van der Waals surface area contributed by atoms with Gasteiger partial charge in [-0.15, -0.1) is 6.58 Å². The molecule has 0 aliphatic heterocycles. The Labute approximate surface area is 114 Å². The largest absolute Gasteiger partial charge is 0.292 e. The number of ketones is 1. The summed E-state index contributed by atoms with van der Waals surface area (Å²) in [6, 6.07) is 11.7. The van der Waals surface area contributed by atoms with Crippen LogP contribution in [-0.2, 0) is 0 Å². The Bertz CT molecular complexity index is 574. The highest BCUT2D eigenvalue weighted by molar-refractivity contribution is 5.96. The van der Waals surface area contributed by atoms with E-state index in [-0.39, 0.29) is 5.78 Å². The quantitative estimate of drug-likeness (QED) is 0.411. The zero-order chi connectivity index (χ0) is 13.5. The number of benzene rings is 1. The maximum atomic E-state index is 12.0. The number of fused-ring (bicyclic) bond motifs is 1. The number of aromatic nitrogens is 1. The summed E-state index contributed by atoms with van der Waals surface area (Å²) in [6.07, 6.45) is 6.66.